The lowest BCUT2D eigenvalue weighted by Crippen LogP contribution is -2.07. The molecule has 3 aromatic rings. The molecule has 27 heavy (non-hydrogen) atoms. The van der Waals surface area contributed by atoms with E-state index in [4.69, 9.17) is 14.2 Å². The highest BCUT2D eigenvalue weighted by Crippen LogP contribution is 2.44. The molecule has 0 bridgehead atoms. The van der Waals surface area contributed by atoms with E-state index in [1.54, 1.807) is 18.2 Å². The van der Waals surface area contributed by atoms with Gasteiger partial charge in [-0.3, -0.25) is 14.4 Å². The number of carbonyl (C=O) groups is 3. The Balaban J connectivity index is 2.49. The van der Waals surface area contributed by atoms with Gasteiger partial charge in [-0.15, -0.1) is 0 Å². The second kappa shape index (κ2) is 7.07. The van der Waals surface area contributed by atoms with Gasteiger partial charge in [0.1, 0.15) is 11.5 Å². The van der Waals surface area contributed by atoms with Crippen LogP contribution in [0.4, 0.5) is 0 Å². The Kier molecular flexibility index (Phi) is 4.81. The third-order valence-corrected chi connectivity index (χ3v) is 3.85. The van der Waals surface area contributed by atoms with Crippen LogP contribution in [0.1, 0.15) is 26.3 Å². The van der Waals surface area contributed by atoms with Gasteiger partial charge in [0.15, 0.2) is 5.75 Å². The minimum Gasteiger partial charge on any atom is -0.426 e. The molecule has 0 aliphatic rings. The van der Waals surface area contributed by atoms with E-state index in [1.165, 1.54) is 20.8 Å². The van der Waals surface area contributed by atoms with Gasteiger partial charge in [-0.25, -0.2) is 0 Å². The summed E-state index contributed by atoms with van der Waals surface area (Å²) < 4.78 is 16.2. The van der Waals surface area contributed by atoms with Gasteiger partial charge >= 0.3 is 17.9 Å². The maximum Gasteiger partial charge on any atom is 0.308 e. The van der Waals surface area contributed by atoms with Crippen molar-refractivity contribution in [3.63, 3.8) is 0 Å². The van der Waals surface area contributed by atoms with E-state index in [1.807, 2.05) is 25.1 Å². The second-order valence-corrected chi connectivity index (χ2v) is 6.20. The average molecular weight is 366 g/mol. The number of benzene rings is 3. The summed E-state index contributed by atoms with van der Waals surface area (Å²) in [4.78, 5) is 34.9. The largest absolute Gasteiger partial charge is 0.426 e. The van der Waals surface area contributed by atoms with Crippen molar-refractivity contribution in [2.45, 2.75) is 27.7 Å². The average Bonchev–Trinajstić information content (AvgIpc) is 2.52. The SMILES string of the molecule is CC(=O)Oc1cccc2cc3cc(C)cc(OC(C)=O)c3c(OC(C)=O)c12. The molecule has 0 unspecified atom stereocenters. The van der Waals surface area contributed by atoms with Gasteiger partial charge in [0, 0.05) is 20.8 Å². The Labute approximate surface area is 155 Å². The summed E-state index contributed by atoms with van der Waals surface area (Å²) in [7, 11) is 0. The van der Waals surface area contributed by atoms with Crippen molar-refractivity contribution < 1.29 is 28.6 Å². The van der Waals surface area contributed by atoms with Crippen molar-refractivity contribution in [3.05, 3.63) is 42.0 Å². The van der Waals surface area contributed by atoms with Gasteiger partial charge in [-0.05, 0) is 41.5 Å². The topological polar surface area (TPSA) is 78.9 Å². The fraction of sp³-hybridized carbons (Fsp3) is 0.190. The van der Waals surface area contributed by atoms with Crippen molar-refractivity contribution in [3.8, 4) is 17.2 Å². The molecule has 0 fully saturated rings. The lowest BCUT2D eigenvalue weighted by molar-refractivity contribution is -0.132. The second-order valence-electron chi connectivity index (χ2n) is 6.20. The van der Waals surface area contributed by atoms with Crippen LogP contribution < -0.4 is 14.2 Å². The quantitative estimate of drug-likeness (QED) is 0.395. The van der Waals surface area contributed by atoms with E-state index in [9.17, 15) is 14.4 Å². The van der Waals surface area contributed by atoms with Crippen molar-refractivity contribution in [1.82, 2.24) is 0 Å². The standard InChI is InChI=1S/C21H18O6/c1-11-8-16-10-15-6-5-7-17(25-12(2)22)19(15)21(27-14(4)24)20(16)18(9-11)26-13(3)23/h5-10H,1-4H3. The van der Waals surface area contributed by atoms with Crippen molar-refractivity contribution >= 4 is 39.5 Å². The lowest BCUT2D eigenvalue weighted by Gasteiger charge is -2.16. The molecule has 0 aromatic heterocycles. The summed E-state index contributed by atoms with van der Waals surface area (Å²) in [6, 6.07) is 10.6. The number of fused-ring (bicyclic) bond motifs is 2. The summed E-state index contributed by atoms with van der Waals surface area (Å²) in [5.74, 6) is -0.829. The Morgan fingerprint density at radius 1 is 0.704 bits per heavy atom. The molecule has 0 atom stereocenters. The molecule has 3 rings (SSSR count). The molecule has 0 amide bonds. The predicted octanol–water partition coefficient (Wildman–Crippen LogP) is 4.08. The number of hydrogen-bond acceptors (Lipinski definition) is 6. The van der Waals surface area contributed by atoms with E-state index in [2.05, 4.69) is 0 Å². The molecule has 0 N–H and O–H groups in total. The molecule has 0 heterocycles. The Hall–Kier alpha value is -3.41. The fourth-order valence-corrected chi connectivity index (χ4v) is 3.06. The van der Waals surface area contributed by atoms with Crippen LogP contribution in [0.2, 0.25) is 0 Å². The lowest BCUT2D eigenvalue weighted by atomic mass is 9.99. The molecule has 0 aliphatic heterocycles. The zero-order valence-electron chi connectivity index (χ0n) is 15.4. The van der Waals surface area contributed by atoms with Gasteiger partial charge in [-0.1, -0.05) is 18.2 Å². The first-order chi connectivity index (χ1) is 12.8. The van der Waals surface area contributed by atoms with Gasteiger partial charge in [0.25, 0.3) is 0 Å². The van der Waals surface area contributed by atoms with E-state index < -0.39 is 17.9 Å². The minimum absolute atomic E-state index is 0.183. The molecule has 6 heteroatoms. The highest BCUT2D eigenvalue weighted by atomic mass is 16.6. The molecule has 0 spiro atoms. The number of hydrogen-bond donors (Lipinski definition) is 0. The van der Waals surface area contributed by atoms with Crippen LogP contribution in [-0.4, -0.2) is 17.9 Å². The van der Waals surface area contributed by atoms with E-state index >= 15 is 0 Å². The molecule has 6 nitrogen and oxygen atoms in total. The van der Waals surface area contributed by atoms with Gasteiger partial charge in [-0.2, -0.15) is 0 Å². The highest BCUT2D eigenvalue weighted by Gasteiger charge is 2.20. The normalized spacial score (nSPS) is 10.7. The van der Waals surface area contributed by atoms with Crippen LogP contribution in [0.25, 0.3) is 21.5 Å². The Morgan fingerprint density at radius 3 is 1.93 bits per heavy atom. The Morgan fingerprint density at radius 2 is 1.30 bits per heavy atom. The molecule has 138 valence electrons. The van der Waals surface area contributed by atoms with E-state index in [-0.39, 0.29) is 17.2 Å². The summed E-state index contributed by atoms with van der Waals surface area (Å²) >= 11 is 0. The molecule has 0 saturated carbocycles. The zero-order chi connectivity index (χ0) is 19.7. The van der Waals surface area contributed by atoms with Crippen molar-refractivity contribution in [1.29, 1.82) is 0 Å². The summed E-state index contributed by atoms with van der Waals surface area (Å²) in [6.07, 6.45) is 0. The smallest absolute Gasteiger partial charge is 0.308 e. The number of carbonyl (C=O) groups excluding carboxylic acids is 3. The summed E-state index contributed by atoms with van der Waals surface area (Å²) in [5, 5.41) is 2.36. The van der Waals surface area contributed by atoms with Gasteiger partial charge in [0.2, 0.25) is 0 Å². The van der Waals surface area contributed by atoms with Crippen LogP contribution in [0, 0.1) is 6.92 Å². The van der Waals surface area contributed by atoms with Crippen LogP contribution in [-0.2, 0) is 14.4 Å². The van der Waals surface area contributed by atoms with Crippen LogP contribution >= 0.6 is 0 Å². The van der Waals surface area contributed by atoms with E-state index in [0.29, 0.717) is 10.8 Å². The monoisotopic (exact) mass is 366 g/mol. The van der Waals surface area contributed by atoms with Crippen LogP contribution in [0.5, 0.6) is 17.2 Å². The van der Waals surface area contributed by atoms with E-state index in [0.717, 1.165) is 16.3 Å². The number of esters is 3. The molecular formula is C21H18O6. The molecule has 0 saturated heterocycles. The van der Waals surface area contributed by atoms with Gasteiger partial charge < -0.3 is 14.2 Å². The van der Waals surface area contributed by atoms with Crippen molar-refractivity contribution in [2.24, 2.45) is 0 Å². The first kappa shape index (κ1) is 18.4. The molecule has 3 aromatic carbocycles. The fourth-order valence-electron chi connectivity index (χ4n) is 3.06. The third-order valence-electron chi connectivity index (χ3n) is 3.85. The maximum absolute atomic E-state index is 11.8. The van der Waals surface area contributed by atoms with Crippen LogP contribution in [0.15, 0.2) is 36.4 Å². The minimum atomic E-state index is -0.546. The first-order valence-corrected chi connectivity index (χ1v) is 8.31. The summed E-state index contributed by atoms with van der Waals surface area (Å²) in [5.41, 5.74) is 0.878. The van der Waals surface area contributed by atoms with Crippen LogP contribution in [0.3, 0.4) is 0 Å². The first-order valence-electron chi connectivity index (χ1n) is 8.31. The molecule has 0 aliphatic carbocycles. The predicted molar refractivity (Wildman–Crippen MR) is 100 cm³/mol. The number of ether oxygens (including phenoxy) is 3. The molecule has 0 radical (unpaired) electrons. The number of aryl methyl sites for hydroxylation is 1. The maximum atomic E-state index is 11.8. The highest BCUT2D eigenvalue weighted by molar-refractivity contribution is 6.11. The Bertz CT molecular complexity index is 1100. The number of rotatable bonds is 3. The van der Waals surface area contributed by atoms with Crippen molar-refractivity contribution in [2.75, 3.05) is 0 Å². The van der Waals surface area contributed by atoms with Gasteiger partial charge in [0.05, 0.1) is 10.8 Å². The third kappa shape index (κ3) is 3.74. The zero-order valence-corrected chi connectivity index (χ0v) is 15.4. The summed E-state index contributed by atoms with van der Waals surface area (Å²) in [6.45, 7) is 5.74. The molecular weight excluding hydrogens is 348 g/mol.